The fourth-order valence-corrected chi connectivity index (χ4v) is 2.96. The van der Waals surface area contributed by atoms with Crippen LogP contribution in [0.25, 0.3) is 0 Å². The molecule has 1 rings (SSSR count). The van der Waals surface area contributed by atoms with Crippen LogP contribution >= 0.6 is 0 Å². The maximum atomic E-state index is 6.09. The molecule has 1 aliphatic rings. The lowest BCUT2D eigenvalue weighted by molar-refractivity contribution is -0.0479. The van der Waals surface area contributed by atoms with Gasteiger partial charge in [0.15, 0.2) is 0 Å². The highest BCUT2D eigenvalue weighted by molar-refractivity contribution is 4.74. The molecule has 0 aromatic rings. The molecular formula is C18H36O2. The van der Waals surface area contributed by atoms with Crippen molar-refractivity contribution in [2.75, 3.05) is 13.2 Å². The SMILES string of the molecule is CCC(CC)COC1CCC(OCC(CC)CC)CC1. The summed E-state index contributed by atoms with van der Waals surface area (Å²) in [7, 11) is 0. The van der Waals surface area contributed by atoms with Crippen molar-refractivity contribution < 1.29 is 9.47 Å². The first kappa shape index (κ1) is 18.0. The standard InChI is InChI=1S/C18H36O2/c1-5-15(6-2)13-19-17-9-11-18(12-10-17)20-14-16(7-3)8-4/h15-18H,5-14H2,1-4H3. The minimum atomic E-state index is 0.489. The smallest absolute Gasteiger partial charge is 0.0577 e. The quantitative estimate of drug-likeness (QED) is 0.548. The van der Waals surface area contributed by atoms with E-state index in [1.807, 2.05) is 0 Å². The van der Waals surface area contributed by atoms with E-state index in [-0.39, 0.29) is 0 Å². The van der Waals surface area contributed by atoms with Gasteiger partial charge in [0, 0.05) is 13.2 Å². The Labute approximate surface area is 126 Å². The van der Waals surface area contributed by atoms with Crippen molar-refractivity contribution >= 4 is 0 Å². The molecule has 0 N–H and O–H groups in total. The fraction of sp³-hybridized carbons (Fsp3) is 1.00. The molecular weight excluding hydrogens is 248 g/mol. The minimum Gasteiger partial charge on any atom is -0.378 e. The fourth-order valence-electron chi connectivity index (χ4n) is 2.96. The highest BCUT2D eigenvalue weighted by Crippen LogP contribution is 2.25. The van der Waals surface area contributed by atoms with Gasteiger partial charge < -0.3 is 9.47 Å². The van der Waals surface area contributed by atoms with E-state index in [9.17, 15) is 0 Å². The van der Waals surface area contributed by atoms with Crippen LogP contribution in [0.5, 0.6) is 0 Å². The molecule has 0 heterocycles. The van der Waals surface area contributed by atoms with Crippen LogP contribution in [0, 0.1) is 11.8 Å². The Balaban J connectivity index is 2.13. The molecule has 0 aromatic carbocycles. The molecule has 0 aromatic heterocycles. The zero-order valence-electron chi connectivity index (χ0n) is 14.2. The van der Waals surface area contributed by atoms with E-state index in [0.717, 1.165) is 25.0 Å². The lowest BCUT2D eigenvalue weighted by Gasteiger charge is -2.30. The number of rotatable bonds is 10. The van der Waals surface area contributed by atoms with Gasteiger partial charge in [-0.2, -0.15) is 0 Å². The summed E-state index contributed by atoms with van der Waals surface area (Å²) in [6.45, 7) is 11.0. The lowest BCUT2D eigenvalue weighted by atomic mass is 9.94. The van der Waals surface area contributed by atoms with Gasteiger partial charge in [0.2, 0.25) is 0 Å². The molecule has 1 fully saturated rings. The van der Waals surface area contributed by atoms with E-state index in [4.69, 9.17) is 9.47 Å². The summed E-state index contributed by atoms with van der Waals surface area (Å²) in [6, 6.07) is 0. The van der Waals surface area contributed by atoms with Crippen LogP contribution in [0.1, 0.15) is 79.1 Å². The summed E-state index contributed by atoms with van der Waals surface area (Å²) in [6.07, 6.45) is 10.7. The molecule has 20 heavy (non-hydrogen) atoms. The van der Waals surface area contributed by atoms with Crippen molar-refractivity contribution in [2.24, 2.45) is 11.8 Å². The Kier molecular flexibility index (Phi) is 9.54. The molecule has 0 spiro atoms. The third kappa shape index (κ3) is 6.58. The second-order valence-corrected chi connectivity index (χ2v) is 6.43. The van der Waals surface area contributed by atoms with Crippen molar-refractivity contribution in [1.82, 2.24) is 0 Å². The molecule has 0 atom stereocenters. The third-order valence-corrected chi connectivity index (χ3v) is 5.07. The second kappa shape index (κ2) is 10.6. The zero-order chi connectivity index (χ0) is 14.8. The Bertz CT molecular complexity index is 189. The van der Waals surface area contributed by atoms with Gasteiger partial charge in [-0.1, -0.05) is 53.4 Å². The largest absolute Gasteiger partial charge is 0.378 e. The van der Waals surface area contributed by atoms with E-state index < -0.39 is 0 Å². The van der Waals surface area contributed by atoms with E-state index >= 15 is 0 Å². The van der Waals surface area contributed by atoms with Crippen molar-refractivity contribution in [3.05, 3.63) is 0 Å². The first-order valence-corrected chi connectivity index (χ1v) is 8.96. The van der Waals surface area contributed by atoms with Gasteiger partial charge in [-0.05, 0) is 37.5 Å². The van der Waals surface area contributed by atoms with Crippen molar-refractivity contribution in [2.45, 2.75) is 91.3 Å². The highest BCUT2D eigenvalue weighted by atomic mass is 16.5. The molecule has 2 heteroatoms. The monoisotopic (exact) mass is 284 g/mol. The second-order valence-electron chi connectivity index (χ2n) is 6.43. The molecule has 0 bridgehead atoms. The van der Waals surface area contributed by atoms with Gasteiger partial charge in [-0.3, -0.25) is 0 Å². The summed E-state index contributed by atoms with van der Waals surface area (Å²) in [5.41, 5.74) is 0. The number of hydrogen-bond donors (Lipinski definition) is 0. The van der Waals surface area contributed by atoms with E-state index in [0.29, 0.717) is 12.2 Å². The molecule has 0 amide bonds. The van der Waals surface area contributed by atoms with E-state index in [1.54, 1.807) is 0 Å². The van der Waals surface area contributed by atoms with Crippen LogP contribution in [-0.2, 0) is 9.47 Å². The van der Waals surface area contributed by atoms with Gasteiger partial charge in [0.05, 0.1) is 12.2 Å². The molecule has 2 nitrogen and oxygen atoms in total. The first-order valence-electron chi connectivity index (χ1n) is 8.96. The molecule has 0 aliphatic heterocycles. The first-order chi connectivity index (χ1) is 9.73. The summed E-state index contributed by atoms with van der Waals surface area (Å²) in [4.78, 5) is 0. The van der Waals surface area contributed by atoms with Crippen LogP contribution in [0.4, 0.5) is 0 Å². The predicted octanol–water partition coefficient (Wildman–Crippen LogP) is 5.20. The Morgan fingerprint density at radius 3 is 1.20 bits per heavy atom. The summed E-state index contributed by atoms with van der Waals surface area (Å²) in [5, 5.41) is 0. The molecule has 0 unspecified atom stereocenters. The molecule has 1 saturated carbocycles. The maximum Gasteiger partial charge on any atom is 0.0577 e. The maximum absolute atomic E-state index is 6.09. The summed E-state index contributed by atoms with van der Waals surface area (Å²) >= 11 is 0. The molecule has 120 valence electrons. The van der Waals surface area contributed by atoms with Crippen LogP contribution < -0.4 is 0 Å². The predicted molar refractivity (Wildman–Crippen MR) is 86.1 cm³/mol. The van der Waals surface area contributed by atoms with Gasteiger partial charge in [0.1, 0.15) is 0 Å². The van der Waals surface area contributed by atoms with Crippen LogP contribution in [0.15, 0.2) is 0 Å². The van der Waals surface area contributed by atoms with Crippen molar-refractivity contribution in [1.29, 1.82) is 0 Å². The number of ether oxygens (including phenoxy) is 2. The molecule has 1 aliphatic carbocycles. The van der Waals surface area contributed by atoms with Gasteiger partial charge in [0.25, 0.3) is 0 Å². The van der Waals surface area contributed by atoms with Crippen LogP contribution in [0.2, 0.25) is 0 Å². The molecule has 0 saturated heterocycles. The van der Waals surface area contributed by atoms with Crippen LogP contribution in [-0.4, -0.2) is 25.4 Å². The van der Waals surface area contributed by atoms with Crippen LogP contribution in [0.3, 0.4) is 0 Å². The Hall–Kier alpha value is -0.0800. The van der Waals surface area contributed by atoms with Gasteiger partial charge >= 0.3 is 0 Å². The Morgan fingerprint density at radius 2 is 0.950 bits per heavy atom. The van der Waals surface area contributed by atoms with E-state index in [2.05, 4.69) is 27.7 Å². The molecule has 0 radical (unpaired) electrons. The van der Waals surface area contributed by atoms with Gasteiger partial charge in [-0.25, -0.2) is 0 Å². The zero-order valence-corrected chi connectivity index (χ0v) is 14.2. The van der Waals surface area contributed by atoms with Crippen molar-refractivity contribution in [3.63, 3.8) is 0 Å². The topological polar surface area (TPSA) is 18.5 Å². The lowest BCUT2D eigenvalue weighted by Crippen LogP contribution is -2.29. The normalized spacial score (nSPS) is 23.7. The summed E-state index contributed by atoms with van der Waals surface area (Å²) < 4.78 is 12.2. The Morgan fingerprint density at radius 1 is 0.650 bits per heavy atom. The number of hydrogen-bond acceptors (Lipinski definition) is 2. The van der Waals surface area contributed by atoms with E-state index in [1.165, 1.54) is 51.4 Å². The third-order valence-electron chi connectivity index (χ3n) is 5.07. The summed E-state index contributed by atoms with van der Waals surface area (Å²) in [5.74, 6) is 1.50. The average Bonchev–Trinajstić information content (AvgIpc) is 2.50. The van der Waals surface area contributed by atoms with Crippen molar-refractivity contribution in [3.8, 4) is 0 Å². The average molecular weight is 284 g/mol. The minimum absolute atomic E-state index is 0.489. The highest BCUT2D eigenvalue weighted by Gasteiger charge is 2.23. The van der Waals surface area contributed by atoms with Gasteiger partial charge in [-0.15, -0.1) is 0 Å².